The zero-order valence-electron chi connectivity index (χ0n) is 13.8. The maximum Gasteiger partial charge on any atom is 0.180 e. The van der Waals surface area contributed by atoms with Gasteiger partial charge in [0, 0.05) is 42.6 Å². The van der Waals surface area contributed by atoms with Gasteiger partial charge in [0.15, 0.2) is 11.5 Å². The fraction of sp³-hybridized carbons (Fsp3) is 0.111. The minimum Gasteiger partial charge on any atom is -0.363 e. The molecule has 0 spiro atoms. The molecule has 0 aliphatic carbocycles. The number of imidazole rings is 1. The number of halogens is 2. The topological polar surface area (TPSA) is 68.0 Å². The molecule has 4 heterocycles. The molecule has 0 saturated heterocycles. The number of aromatic nitrogens is 5. The number of aryl methyl sites for hydroxylation is 1. The van der Waals surface area contributed by atoms with Crippen LogP contribution < -0.4 is 5.32 Å². The second-order valence-corrected chi connectivity index (χ2v) is 6.58. The van der Waals surface area contributed by atoms with Gasteiger partial charge in [0.05, 0.1) is 6.20 Å². The van der Waals surface area contributed by atoms with E-state index in [9.17, 15) is 4.39 Å². The van der Waals surface area contributed by atoms with Crippen LogP contribution >= 0.6 is 15.9 Å². The molecular weight excluding hydrogens is 399 g/mol. The van der Waals surface area contributed by atoms with Gasteiger partial charge in [-0.1, -0.05) is 0 Å². The van der Waals surface area contributed by atoms with E-state index in [4.69, 9.17) is 0 Å². The minimum atomic E-state index is -0.371. The van der Waals surface area contributed by atoms with Gasteiger partial charge in [-0.05, 0) is 46.6 Å². The van der Waals surface area contributed by atoms with Crippen molar-refractivity contribution in [2.24, 2.45) is 0 Å². The first-order valence-corrected chi connectivity index (χ1v) is 8.70. The predicted octanol–water partition coefficient (Wildman–Crippen LogP) is 4.01. The summed E-state index contributed by atoms with van der Waals surface area (Å²) in [7, 11) is 0. The van der Waals surface area contributed by atoms with Gasteiger partial charge >= 0.3 is 0 Å². The lowest BCUT2D eigenvalue weighted by molar-refractivity contribution is 0.623. The van der Waals surface area contributed by atoms with E-state index >= 15 is 0 Å². The summed E-state index contributed by atoms with van der Waals surface area (Å²) in [6.07, 6.45) is 8.49. The first kappa shape index (κ1) is 16.6. The van der Waals surface area contributed by atoms with Crippen molar-refractivity contribution in [3.63, 3.8) is 0 Å². The lowest BCUT2D eigenvalue weighted by atomic mass is 10.1. The molecule has 0 radical (unpaired) electrons. The maximum atomic E-state index is 14.5. The quantitative estimate of drug-likeness (QED) is 0.548. The molecule has 26 heavy (non-hydrogen) atoms. The highest BCUT2D eigenvalue weighted by molar-refractivity contribution is 9.10. The summed E-state index contributed by atoms with van der Waals surface area (Å²) in [5, 5.41) is 3.18. The zero-order chi connectivity index (χ0) is 18.1. The standard InChI is InChI=1S/C18H14BrFN6/c1-11-6-13(2-3-21-11)16-14(20)7-12(8-23-16)9-24-17-18-25-10-15(19)26(18)5-4-22-17/h2-8,10H,9H2,1H3,(H,22,24). The molecule has 1 N–H and O–H groups in total. The Balaban J connectivity index is 1.56. The van der Waals surface area contributed by atoms with Crippen LogP contribution in [0.3, 0.4) is 0 Å². The second kappa shape index (κ2) is 6.80. The van der Waals surface area contributed by atoms with Crippen molar-refractivity contribution in [2.45, 2.75) is 13.5 Å². The largest absolute Gasteiger partial charge is 0.363 e. The van der Waals surface area contributed by atoms with Gasteiger partial charge in [0.1, 0.15) is 16.1 Å². The van der Waals surface area contributed by atoms with Crippen LogP contribution in [-0.4, -0.2) is 24.3 Å². The van der Waals surface area contributed by atoms with E-state index in [-0.39, 0.29) is 5.82 Å². The summed E-state index contributed by atoms with van der Waals surface area (Å²) in [4.78, 5) is 17.0. The molecule has 4 aromatic rings. The van der Waals surface area contributed by atoms with Crippen LogP contribution in [0, 0.1) is 12.7 Å². The number of nitrogens with one attached hydrogen (secondary N) is 1. The Kier molecular flexibility index (Phi) is 4.34. The summed E-state index contributed by atoms with van der Waals surface area (Å²) in [6.45, 7) is 2.25. The number of rotatable bonds is 4. The molecule has 4 aromatic heterocycles. The molecule has 6 nitrogen and oxygen atoms in total. The van der Waals surface area contributed by atoms with Crippen molar-refractivity contribution in [3.05, 3.63) is 70.9 Å². The summed E-state index contributed by atoms with van der Waals surface area (Å²) in [6, 6.07) is 5.04. The van der Waals surface area contributed by atoms with Crippen molar-refractivity contribution in [2.75, 3.05) is 5.32 Å². The smallest absolute Gasteiger partial charge is 0.180 e. The van der Waals surface area contributed by atoms with Crippen LogP contribution in [0.4, 0.5) is 10.2 Å². The molecular formula is C18H14BrFN6. The van der Waals surface area contributed by atoms with E-state index in [1.807, 2.05) is 23.6 Å². The number of pyridine rings is 2. The normalized spacial score (nSPS) is 11.0. The molecule has 0 amide bonds. The van der Waals surface area contributed by atoms with E-state index < -0.39 is 0 Å². The lowest BCUT2D eigenvalue weighted by Gasteiger charge is -2.09. The molecule has 0 fully saturated rings. The molecule has 130 valence electrons. The molecule has 0 aliphatic heterocycles. The van der Waals surface area contributed by atoms with Crippen LogP contribution in [0.1, 0.15) is 11.3 Å². The number of hydrogen-bond acceptors (Lipinski definition) is 5. The van der Waals surface area contributed by atoms with Crippen molar-refractivity contribution in [3.8, 4) is 11.3 Å². The Morgan fingerprint density at radius 2 is 2.00 bits per heavy atom. The molecule has 4 rings (SSSR count). The third kappa shape index (κ3) is 3.15. The molecule has 0 aliphatic rings. The fourth-order valence-corrected chi connectivity index (χ4v) is 3.07. The zero-order valence-corrected chi connectivity index (χ0v) is 15.4. The van der Waals surface area contributed by atoms with Gasteiger partial charge in [0.2, 0.25) is 0 Å². The Bertz CT molecular complexity index is 1090. The highest BCUT2D eigenvalue weighted by Crippen LogP contribution is 2.22. The van der Waals surface area contributed by atoms with E-state index in [0.29, 0.717) is 34.8 Å². The van der Waals surface area contributed by atoms with Crippen LogP contribution in [0.2, 0.25) is 0 Å². The minimum absolute atomic E-state index is 0.316. The fourth-order valence-electron chi connectivity index (χ4n) is 2.68. The molecule has 8 heteroatoms. The average Bonchev–Trinajstić information content (AvgIpc) is 3.02. The molecule has 0 saturated carbocycles. The van der Waals surface area contributed by atoms with Crippen LogP contribution in [0.5, 0.6) is 0 Å². The van der Waals surface area contributed by atoms with Crippen molar-refractivity contribution in [1.82, 2.24) is 24.3 Å². The first-order valence-electron chi connectivity index (χ1n) is 7.91. The molecule has 0 unspecified atom stereocenters. The summed E-state index contributed by atoms with van der Waals surface area (Å²) < 4.78 is 17.2. The Labute approximate surface area is 157 Å². The lowest BCUT2D eigenvalue weighted by Crippen LogP contribution is -2.05. The second-order valence-electron chi connectivity index (χ2n) is 5.76. The highest BCUT2D eigenvalue weighted by atomic mass is 79.9. The average molecular weight is 413 g/mol. The maximum absolute atomic E-state index is 14.5. The SMILES string of the molecule is Cc1cc(-c2ncc(CNc3nccn4c(Br)cnc34)cc2F)ccn1. The Morgan fingerprint density at radius 3 is 2.81 bits per heavy atom. The van der Waals surface area contributed by atoms with Gasteiger partial charge in [-0.25, -0.2) is 14.4 Å². The third-order valence-corrected chi connectivity index (χ3v) is 4.50. The Morgan fingerprint density at radius 1 is 1.12 bits per heavy atom. The van der Waals surface area contributed by atoms with Crippen LogP contribution in [-0.2, 0) is 6.54 Å². The van der Waals surface area contributed by atoms with Crippen molar-refractivity contribution >= 4 is 27.4 Å². The van der Waals surface area contributed by atoms with E-state index in [1.54, 1.807) is 30.9 Å². The highest BCUT2D eigenvalue weighted by Gasteiger charge is 2.10. The number of anilines is 1. The monoisotopic (exact) mass is 412 g/mol. The van der Waals surface area contributed by atoms with Gasteiger partial charge in [0.25, 0.3) is 0 Å². The first-order chi connectivity index (χ1) is 12.6. The van der Waals surface area contributed by atoms with Gasteiger partial charge in [-0.3, -0.25) is 14.4 Å². The summed E-state index contributed by atoms with van der Waals surface area (Å²) in [5.74, 6) is 0.247. The summed E-state index contributed by atoms with van der Waals surface area (Å²) >= 11 is 3.42. The number of fused-ring (bicyclic) bond motifs is 1. The molecule has 0 aromatic carbocycles. The van der Waals surface area contributed by atoms with Gasteiger partial charge < -0.3 is 5.32 Å². The molecule has 0 atom stereocenters. The van der Waals surface area contributed by atoms with E-state index in [1.165, 1.54) is 6.07 Å². The van der Waals surface area contributed by atoms with Gasteiger partial charge in [-0.2, -0.15) is 0 Å². The van der Waals surface area contributed by atoms with E-state index in [2.05, 4.69) is 41.2 Å². The van der Waals surface area contributed by atoms with Crippen molar-refractivity contribution in [1.29, 1.82) is 0 Å². The van der Waals surface area contributed by atoms with Crippen LogP contribution in [0.25, 0.3) is 16.9 Å². The van der Waals surface area contributed by atoms with Gasteiger partial charge in [-0.15, -0.1) is 0 Å². The van der Waals surface area contributed by atoms with Crippen molar-refractivity contribution < 1.29 is 4.39 Å². The van der Waals surface area contributed by atoms with E-state index in [0.717, 1.165) is 10.3 Å². The molecule has 0 bridgehead atoms. The number of nitrogens with zero attached hydrogens (tertiary/aromatic N) is 5. The number of hydrogen-bond donors (Lipinski definition) is 1. The predicted molar refractivity (Wildman–Crippen MR) is 100 cm³/mol. The Hall–Kier alpha value is -2.87. The summed E-state index contributed by atoms with van der Waals surface area (Å²) in [5.41, 5.74) is 3.25. The van der Waals surface area contributed by atoms with Crippen LogP contribution in [0.15, 0.2) is 53.8 Å². The third-order valence-electron chi connectivity index (χ3n) is 3.91.